The first-order valence-electron chi connectivity index (χ1n) is 10.2. The molecule has 0 radical (unpaired) electrons. The fraction of sp³-hybridized carbons (Fsp3) is 0.619. The minimum absolute atomic E-state index is 0.291. The zero-order chi connectivity index (χ0) is 21.9. The van der Waals surface area contributed by atoms with E-state index in [0.29, 0.717) is 56.9 Å². The highest BCUT2D eigenvalue weighted by atomic mass is 16.6. The lowest BCUT2D eigenvalue weighted by Gasteiger charge is -2.37. The molecular weight excluding hydrogens is 390 g/mol. The third-order valence-corrected chi connectivity index (χ3v) is 5.06. The number of carbonyl (C=O) groups is 3. The number of hydrogen-bond donors (Lipinski definition) is 0. The van der Waals surface area contributed by atoms with Gasteiger partial charge in [0.05, 0.1) is 31.0 Å². The third-order valence-electron chi connectivity index (χ3n) is 5.06. The molecule has 164 valence electrons. The average Bonchev–Trinajstić information content (AvgIpc) is 2.96. The molecule has 0 bridgehead atoms. The molecule has 30 heavy (non-hydrogen) atoms. The van der Waals surface area contributed by atoms with Gasteiger partial charge in [0.2, 0.25) is 0 Å². The maximum absolute atomic E-state index is 12.4. The molecule has 2 saturated heterocycles. The summed E-state index contributed by atoms with van der Waals surface area (Å²) in [6.07, 6.45) is 1.83. The molecule has 0 aromatic carbocycles. The van der Waals surface area contributed by atoms with Crippen molar-refractivity contribution in [2.45, 2.75) is 58.3 Å². The van der Waals surface area contributed by atoms with Gasteiger partial charge in [0.1, 0.15) is 11.2 Å². The molecule has 0 N–H and O–H groups in total. The van der Waals surface area contributed by atoms with E-state index >= 15 is 0 Å². The summed E-state index contributed by atoms with van der Waals surface area (Å²) in [6, 6.07) is 3.34. The van der Waals surface area contributed by atoms with E-state index in [1.165, 1.54) is 6.20 Å². The van der Waals surface area contributed by atoms with E-state index in [1.54, 1.807) is 28.9 Å². The van der Waals surface area contributed by atoms with Gasteiger partial charge in [-0.25, -0.2) is 14.4 Å². The maximum Gasteiger partial charge on any atom is 0.410 e. The summed E-state index contributed by atoms with van der Waals surface area (Å²) in [5.41, 5.74) is -0.113. The molecule has 2 amide bonds. The third kappa shape index (κ3) is 5.20. The standard InChI is InChI=1S/C21H29N3O6/c1-5-28-17(25)15-6-7-16(22-12-15)13-24-14-21(30-19(24)27)8-10-23(11-9-21)18(26)29-20(2,3)4/h6-7,12H,5,8-11,13-14H2,1-4H3. The molecule has 3 heterocycles. The average molecular weight is 419 g/mol. The number of aromatic nitrogens is 1. The summed E-state index contributed by atoms with van der Waals surface area (Å²) in [7, 11) is 0. The lowest BCUT2D eigenvalue weighted by molar-refractivity contribution is -0.0170. The number of nitrogens with zero attached hydrogens (tertiary/aromatic N) is 3. The molecule has 2 aliphatic rings. The number of ether oxygens (including phenoxy) is 3. The normalized spacial score (nSPS) is 18.3. The fourth-order valence-electron chi connectivity index (χ4n) is 3.55. The van der Waals surface area contributed by atoms with E-state index in [4.69, 9.17) is 14.2 Å². The van der Waals surface area contributed by atoms with Crippen LogP contribution in [-0.4, -0.2) is 70.4 Å². The summed E-state index contributed by atoms with van der Waals surface area (Å²) in [5, 5.41) is 0. The summed E-state index contributed by atoms with van der Waals surface area (Å²) >= 11 is 0. The van der Waals surface area contributed by atoms with Gasteiger partial charge in [0.25, 0.3) is 0 Å². The van der Waals surface area contributed by atoms with Gasteiger partial charge in [-0.2, -0.15) is 0 Å². The highest BCUT2D eigenvalue weighted by molar-refractivity contribution is 5.88. The van der Waals surface area contributed by atoms with Crippen molar-refractivity contribution in [3.05, 3.63) is 29.6 Å². The lowest BCUT2D eigenvalue weighted by atomic mass is 9.91. The molecular formula is C21H29N3O6. The van der Waals surface area contributed by atoms with Gasteiger partial charge in [-0.05, 0) is 39.8 Å². The molecule has 2 aliphatic heterocycles. The van der Waals surface area contributed by atoms with E-state index in [-0.39, 0.29) is 6.09 Å². The number of piperidine rings is 1. The molecule has 0 unspecified atom stereocenters. The first-order chi connectivity index (χ1) is 14.1. The number of likely N-dealkylation sites (tertiary alicyclic amines) is 1. The molecule has 1 aromatic rings. The van der Waals surface area contributed by atoms with Crippen molar-refractivity contribution in [3.63, 3.8) is 0 Å². The van der Waals surface area contributed by atoms with Crippen LogP contribution in [0.3, 0.4) is 0 Å². The van der Waals surface area contributed by atoms with Crippen LogP contribution in [0.4, 0.5) is 9.59 Å². The van der Waals surface area contributed by atoms with E-state index in [2.05, 4.69) is 4.98 Å². The second-order valence-corrected chi connectivity index (χ2v) is 8.63. The first-order valence-corrected chi connectivity index (χ1v) is 10.2. The second-order valence-electron chi connectivity index (χ2n) is 8.63. The van der Waals surface area contributed by atoms with Crippen LogP contribution in [0.25, 0.3) is 0 Å². The van der Waals surface area contributed by atoms with Crippen LogP contribution in [-0.2, 0) is 20.8 Å². The van der Waals surface area contributed by atoms with Crippen LogP contribution in [0.1, 0.15) is 56.6 Å². The largest absolute Gasteiger partial charge is 0.462 e. The molecule has 9 nitrogen and oxygen atoms in total. The summed E-state index contributed by atoms with van der Waals surface area (Å²) < 4.78 is 16.1. The Bertz CT molecular complexity index is 794. The number of carbonyl (C=O) groups excluding carboxylic acids is 3. The predicted molar refractivity (Wildman–Crippen MR) is 107 cm³/mol. The van der Waals surface area contributed by atoms with Gasteiger partial charge in [-0.3, -0.25) is 9.88 Å². The number of rotatable bonds is 4. The van der Waals surface area contributed by atoms with Crippen LogP contribution < -0.4 is 0 Å². The smallest absolute Gasteiger partial charge is 0.410 e. The molecule has 0 atom stereocenters. The molecule has 2 fully saturated rings. The Morgan fingerprint density at radius 1 is 1.23 bits per heavy atom. The number of amides is 2. The molecule has 0 saturated carbocycles. The van der Waals surface area contributed by atoms with Crippen molar-refractivity contribution < 1.29 is 28.6 Å². The Morgan fingerprint density at radius 2 is 1.93 bits per heavy atom. The Morgan fingerprint density at radius 3 is 2.50 bits per heavy atom. The van der Waals surface area contributed by atoms with Gasteiger partial charge in [-0.15, -0.1) is 0 Å². The Kier molecular flexibility index (Phi) is 6.19. The second kappa shape index (κ2) is 8.49. The van der Waals surface area contributed by atoms with Crippen LogP contribution in [0.5, 0.6) is 0 Å². The van der Waals surface area contributed by atoms with Crippen molar-refractivity contribution >= 4 is 18.2 Å². The topological polar surface area (TPSA) is 98.3 Å². The highest BCUT2D eigenvalue weighted by Gasteiger charge is 2.47. The van der Waals surface area contributed by atoms with Gasteiger partial charge in [0, 0.05) is 32.1 Å². The van der Waals surface area contributed by atoms with Crippen molar-refractivity contribution in [1.29, 1.82) is 0 Å². The zero-order valence-corrected chi connectivity index (χ0v) is 18.0. The number of pyridine rings is 1. The van der Waals surface area contributed by atoms with Gasteiger partial charge >= 0.3 is 18.2 Å². The lowest BCUT2D eigenvalue weighted by Crippen LogP contribution is -2.49. The quantitative estimate of drug-likeness (QED) is 0.546. The molecule has 3 rings (SSSR count). The molecule has 0 aliphatic carbocycles. The monoisotopic (exact) mass is 419 g/mol. The Labute approximate surface area is 176 Å². The minimum atomic E-state index is -0.597. The van der Waals surface area contributed by atoms with Crippen LogP contribution in [0, 0.1) is 0 Å². The molecule has 9 heteroatoms. The van der Waals surface area contributed by atoms with Crippen LogP contribution in [0.15, 0.2) is 18.3 Å². The predicted octanol–water partition coefficient (Wildman–Crippen LogP) is 2.98. The zero-order valence-electron chi connectivity index (χ0n) is 18.0. The van der Waals surface area contributed by atoms with E-state index in [1.807, 2.05) is 20.8 Å². The Hall–Kier alpha value is -2.84. The summed E-state index contributed by atoms with van der Waals surface area (Å²) in [4.78, 5) is 43.9. The van der Waals surface area contributed by atoms with E-state index in [0.717, 1.165) is 0 Å². The Balaban J connectivity index is 1.55. The van der Waals surface area contributed by atoms with Gasteiger partial charge in [-0.1, -0.05) is 0 Å². The number of hydrogen-bond acceptors (Lipinski definition) is 7. The maximum atomic E-state index is 12.4. The fourth-order valence-corrected chi connectivity index (χ4v) is 3.55. The van der Waals surface area contributed by atoms with Crippen molar-refractivity contribution in [3.8, 4) is 0 Å². The van der Waals surface area contributed by atoms with E-state index in [9.17, 15) is 14.4 Å². The summed E-state index contributed by atoms with van der Waals surface area (Å²) in [6.45, 7) is 9.22. The SMILES string of the molecule is CCOC(=O)c1ccc(CN2CC3(CCN(C(=O)OC(C)(C)C)CC3)OC2=O)nc1. The van der Waals surface area contributed by atoms with Crippen molar-refractivity contribution in [2.24, 2.45) is 0 Å². The van der Waals surface area contributed by atoms with Crippen LogP contribution in [0.2, 0.25) is 0 Å². The highest BCUT2D eigenvalue weighted by Crippen LogP contribution is 2.34. The summed E-state index contributed by atoms with van der Waals surface area (Å²) in [5.74, 6) is -0.423. The molecule has 1 aromatic heterocycles. The van der Waals surface area contributed by atoms with Crippen molar-refractivity contribution in [2.75, 3.05) is 26.2 Å². The van der Waals surface area contributed by atoms with Crippen molar-refractivity contribution in [1.82, 2.24) is 14.8 Å². The van der Waals surface area contributed by atoms with Gasteiger partial charge < -0.3 is 19.1 Å². The van der Waals surface area contributed by atoms with Gasteiger partial charge in [0.15, 0.2) is 0 Å². The van der Waals surface area contributed by atoms with Crippen LogP contribution >= 0.6 is 0 Å². The van der Waals surface area contributed by atoms with E-state index < -0.39 is 23.3 Å². The minimum Gasteiger partial charge on any atom is -0.462 e. The number of esters is 1. The molecule has 1 spiro atoms. The first kappa shape index (κ1) is 21.9.